The van der Waals surface area contributed by atoms with Crippen LogP contribution in [0.2, 0.25) is 0 Å². The van der Waals surface area contributed by atoms with Crippen molar-refractivity contribution in [3.05, 3.63) is 97.2 Å². The highest BCUT2D eigenvalue weighted by Crippen LogP contribution is 2.43. The van der Waals surface area contributed by atoms with Crippen molar-refractivity contribution in [1.29, 1.82) is 0 Å². The van der Waals surface area contributed by atoms with Gasteiger partial charge in [0.25, 0.3) is 0 Å². The Hall–Kier alpha value is -2.58. The van der Waals surface area contributed by atoms with Gasteiger partial charge in [-0.15, -0.1) is 0 Å². The smallest absolute Gasteiger partial charge is 0.457 e. The van der Waals surface area contributed by atoms with Crippen molar-refractivity contribution >= 4 is 13.8 Å². The van der Waals surface area contributed by atoms with Gasteiger partial charge in [0.15, 0.2) is 0 Å². The molecule has 422 valence electrons. The normalized spacial score (nSPS) is 14.1. The second-order valence-corrected chi connectivity index (χ2v) is 22.4. The molecule has 0 aliphatic heterocycles. The van der Waals surface area contributed by atoms with Crippen LogP contribution in [-0.4, -0.2) is 75.6 Å². The number of esters is 1. The first-order chi connectivity index (χ1) is 35.6. The molecule has 2 unspecified atom stereocenters. The molecule has 0 aromatic heterocycles. The molecule has 0 fully saturated rings. The largest absolute Gasteiger partial charge is 0.472 e. The molecule has 0 aromatic carbocycles. The molecule has 0 aliphatic carbocycles. The van der Waals surface area contributed by atoms with Gasteiger partial charge in [-0.25, -0.2) is 4.57 Å². The van der Waals surface area contributed by atoms with Crippen molar-refractivity contribution in [3.63, 3.8) is 0 Å². The molecule has 0 spiro atoms. The molecule has 0 radical (unpaired) electrons. The first-order valence-electron chi connectivity index (χ1n) is 30.0. The highest BCUT2D eigenvalue weighted by atomic mass is 31.2. The second kappa shape index (κ2) is 55.6. The number of phosphoric ester groups is 1. The fourth-order valence-corrected chi connectivity index (χ4v) is 8.80. The molecule has 0 saturated heterocycles. The van der Waals surface area contributed by atoms with E-state index in [0.29, 0.717) is 24.1 Å². The molecule has 1 N–H and O–H groups in total. The van der Waals surface area contributed by atoms with Gasteiger partial charge in [-0.2, -0.15) is 0 Å². The van der Waals surface area contributed by atoms with Crippen molar-refractivity contribution in [2.24, 2.45) is 0 Å². The number of nitrogens with zero attached hydrogens (tertiary/aromatic N) is 1. The number of hydrogen-bond acceptors (Lipinski definition) is 6. The Labute approximate surface area is 451 Å². The molecule has 0 saturated carbocycles. The van der Waals surface area contributed by atoms with Gasteiger partial charge in [0.2, 0.25) is 0 Å². The van der Waals surface area contributed by atoms with Crippen molar-refractivity contribution in [3.8, 4) is 0 Å². The number of allylic oxidation sites excluding steroid dienone is 16. The predicted octanol–water partition coefficient (Wildman–Crippen LogP) is 19.3. The summed E-state index contributed by atoms with van der Waals surface area (Å²) >= 11 is 0. The summed E-state index contributed by atoms with van der Waals surface area (Å²) < 4.78 is 35.3. The quantitative estimate of drug-likeness (QED) is 0.0213. The number of quaternary nitrogens is 1. The Balaban J connectivity index is 4.10. The number of carbonyl (C=O) groups is 1. The van der Waals surface area contributed by atoms with Crippen LogP contribution < -0.4 is 0 Å². The van der Waals surface area contributed by atoms with E-state index in [1.54, 1.807) is 0 Å². The van der Waals surface area contributed by atoms with E-state index in [2.05, 4.69) is 111 Å². The lowest BCUT2D eigenvalue weighted by atomic mass is 10.0. The van der Waals surface area contributed by atoms with Crippen molar-refractivity contribution in [2.45, 2.75) is 251 Å². The Morgan fingerprint density at radius 2 is 0.795 bits per heavy atom. The molecule has 0 aliphatic rings. The summed E-state index contributed by atoms with van der Waals surface area (Å²) in [6.07, 6.45) is 77.6. The lowest BCUT2D eigenvalue weighted by molar-refractivity contribution is -0.870. The van der Waals surface area contributed by atoms with Crippen molar-refractivity contribution in [1.82, 2.24) is 0 Å². The third kappa shape index (κ3) is 60.2. The van der Waals surface area contributed by atoms with Crippen molar-refractivity contribution < 1.29 is 37.3 Å². The van der Waals surface area contributed by atoms with E-state index in [4.69, 9.17) is 18.5 Å². The summed E-state index contributed by atoms with van der Waals surface area (Å²) in [6, 6.07) is 0. The van der Waals surface area contributed by atoms with Gasteiger partial charge in [0.1, 0.15) is 19.3 Å². The number of carbonyl (C=O) groups excluding carboxylic acids is 1. The van der Waals surface area contributed by atoms with E-state index < -0.39 is 13.9 Å². The molecule has 0 rings (SSSR count). The van der Waals surface area contributed by atoms with E-state index in [1.165, 1.54) is 148 Å². The molecule has 0 bridgehead atoms. The van der Waals surface area contributed by atoms with Gasteiger partial charge in [0.05, 0.1) is 34.4 Å². The van der Waals surface area contributed by atoms with Crippen molar-refractivity contribution in [2.75, 3.05) is 54.1 Å². The maximum atomic E-state index is 12.8. The fraction of sp³-hybridized carbons (Fsp3) is 0.734. The topological polar surface area (TPSA) is 91.3 Å². The van der Waals surface area contributed by atoms with Crippen LogP contribution in [0.5, 0.6) is 0 Å². The molecule has 0 amide bonds. The zero-order chi connectivity index (χ0) is 53.3. The second-order valence-electron chi connectivity index (χ2n) is 21.0. The third-order valence-electron chi connectivity index (χ3n) is 12.6. The SMILES string of the molecule is CC/C=C\C/C=C\C/C=C\C/C=C\C/C=C\CCCCCCCCCCCCOCC(COP(=O)(O)OCC[N+](C)(C)C)OC(=O)CCCCCCCCCCCC/C=C\C/C=C\C/C=C\CCCCCCC. The average molecular weight is 1040 g/mol. The number of rotatable bonds is 55. The zero-order valence-corrected chi connectivity index (χ0v) is 49.0. The van der Waals surface area contributed by atoms with E-state index in [9.17, 15) is 14.3 Å². The summed E-state index contributed by atoms with van der Waals surface area (Å²) in [6.45, 7) is 5.49. The van der Waals surface area contributed by atoms with E-state index in [0.717, 1.165) is 77.0 Å². The Morgan fingerprint density at radius 3 is 1.19 bits per heavy atom. The lowest BCUT2D eigenvalue weighted by Crippen LogP contribution is -2.37. The van der Waals surface area contributed by atoms with E-state index in [-0.39, 0.29) is 25.8 Å². The number of phosphoric acid groups is 1. The van der Waals surface area contributed by atoms with Gasteiger partial charge < -0.3 is 18.9 Å². The standard InChI is InChI=1S/C64H114NO7P/c1-6-8-10-12-14-16-18-20-22-24-26-28-30-32-34-36-38-40-42-44-46-48-50-52-54-56-59-69-61-63(62-71-73(67,68)70-60-58-65(3,4)5)72-64(66)57-55-53-51-49-47-45-43-41-39-37-35-33-31-29-27-25-23-21-19-17-15-13-11-9-7-2/h8,10,14,16,19-22,25-28,31-34,63H,6-7,9,11-13,15,17-18,23-24,29-30,35-62H2,1-5H3/p+1/b10-8-,16-14-,21-19-,22-20-,27-25-,28-26-,33-31-,34-32-. The maximum absolute atomic E-state index is 12.8. The monoisotopic (exact) mass is 1040 g/mol. The number of ether oxygens (including phenoxy) is 2. The van der Waals surface area contributed by atoms with Gasteiger partial charge in [-0.3, -0.25) is 13.8 Å². The summed E-state index contributed by atoms with van der Waals surface area (Å²) in [5, 5.41) is 0. The molecular weight excluding hydrogens is 926 g/mol. The van der Waals surface area contributed by atoms with E-state index in [1.807, 2.05) is 21.1 Å². The Kier molecular flexibility index (Phi) is 53.7. The average Bonchev–Trinajstić information content (AvgIpc) is 3.35. The Morgan fingerprint density at radius 1 is 0.438 bits per heavy atom. The molecule has 73 heavy (non-hydrogen) atoms. The minimum Gasteiger partial charge on any atom is -0.457 e. The fourth-order valence-electron chi connectivity index (χ4n) is 8.06. The summed E-state index contributed by atoms with van der Waals surface area (Å²) in [4.78, 5) is 23.1. The number of hydrogen-bond donors (Lipinski definition) is 1. The molecule has 2 atom stereocenters. The molecule has 9 heteroatoms. The molecule has 8 nitrogen and oxygen atoms in total. The minimum atomic E-state index is -4.30. The van der Waals surface area contributed by atoms with Crippen LogP contribution in [-0.2, 0) is 27.9 Å². The lowest BCUT2D eigenvalue weighted by Gasteiger charge is -2.24. The molecule has 0 aromatic rings. The van der Waals surface area contributed by atoms with Crippen LogP contribution in [0.1, 0.15) is 245 Å². The minimum absolute atomic E-state index is 0.0824. The summed E-state index contributed by atoms with van der Waals surface area (Å²) in [7, 11) is 1.65. The van der Waals surface area contributed by atoms with Gasteiger partial charge in [0, 0.05) is 13.0 Å². The molecular formula is C64H115NO7P+. The van der Waals surface area contributed by atoms with Crippen LogP contribution in [0.25, 0.3) is 0 Å². The predicted molar refractivity (Wildman–Crippen MR) is 316 cm³/mol. The first kappa shape index (κ1) is 70.4. The first-order valence-corrected chi connectivity index (χ1v) is 31.5. The zero-order valence-electron chi connectivity index (χ0n) is 48.1. The van der Waals surface area contributed by atoms with Crippen LogP contribution in [0.4, 0.5) is 0 Å². The van der Waals surface area contributed by atoms with Crippen LogP contribution in [0, 0.1) is 0 Å². The van der Waals surface area contributed by atoms with Gasteiger partial charge >= 0.3 is 13.8 Å². The highest BCUT2D eigenvalue weighted by molar-refractivity contribution is 7.47. The third-order valence-corrected chi connectivity index (χ3v) is 13.6. The Bertz CT molecular complexity index is 1490. The van der Waals surface area contributed by atoms with Crippen LogP contribution >= 0.6 is 7.82 Å². The summed E-state index contributed by atoms with van der Waals surface area (Å²) in [5.74, 6) is -0.320. The van der Waals surface area contributed by atoms with Crippen LogP contribution in [0.3, 0.4) is 0 Å². The maximum Gasteiger partial charge on any atom is 0.472 e. The van der Waals surface area contributed by atoms with Crippen LogP contribution in [0.15, 0.2) is 97.2 Å². The van der Waals surface area contributed by atoms with E-state index >= 15 is 0 Å². The number of unbranched alkanes of at least 4 members (excludes halogenated alkanes) is 25. The highest BCUT2D eigenvalue weighted by Gasteiger charge is 2.26. The van der Waals surface area contributed by atoms with Gasteiger partial charge in [-0.1, -0.05) is 239 Å². The summed E-state index contributed by atoms with van der Waals surface area (Å²) in [5.41, 5.74) is 0. The number of likely N-dealkylation sites (N-methyl/N-ethyl adjacent to an activating group) is 1. The van der Waals surface area contributed by atoms with Gasteiger partial charge in [-0.05, 0) is 96.3 Å². The molecule has 0 heterocycles.